The first-order valence-corrected chi connectivity index (χ1v) is 8.03. The molecule has 0 saturated heterocycles. The van der Waals surface area contributed by atoms with Gasteiger partial charge < -0.3 is 14.2 Å². The number of esters is 1. The van der Waals surface area contributed by atoms with Crippen LogP contribution in [-0.2, 0) is 9.53 Å². The van der Waals surface area contributed by atoms with E-state index in [4.69, 9.17) is 14.2 Å². The molecule has 21 heavy (non-hydrogen) atoms. The largest absolute Gasteiger partial charge is 0.490 e. The Kier molecular flexibility index (Phi) is 5.99. The fourth-order valence-corrected chi connectivity index (χ4v) is 2.81. The minimum Gasteiger partial charge on any atom is -0.490 e. The molecule has 4 nitrogen and oxygen atoms in total. The molecule has 0 fully saturated rings. The van der Waals surface area contributed by atoms with Crippen molar-refractivity contribution in [3.63, 3.8) is 0 Å². The molecule has 0 bridgehead atoms. The van der Waals surface area contributed by atoms with Gasteiger partial charge in [-0.2, -0.15) is 0 Å². The van der Waals surface area contributed by atoms with Crippen LogP contribution in [0.5, 0.6) is 11.5 Å². The van der Waals surface area contributed by atoms with Gasteiger partial charge in [-0.05, 0) is 24.6 Å². The molecule has 0 amide bonds. The van der Waals surface area contributed by atoms with Gasteiger partial charge in [-0.3, -0.25) is 0 Å². The molecule has 114 valence electrons. The highest BCUT2D eigenvalue weighted by molar-refractivity contribution is 7.99. The Morgan fingerprint density at radius 1 is 1.33 bits per heavy atom. The SMILES string of the molecule is CCC(=CCSc1ccc2c(c1)OCCCO2)C(=O)OC. The summed E-state index contributed by atoms with van der Waals surface area (Å²) in [5, 5.41) is 0. The maximum absolute atomic E-state index is 11.5. The van der Waals surface area contributed by atoms with Gasteiger partial charge in [-0.15, -0.1) is 11.8 Å². The number of benzene rings is 1. The van der Waals surface area contributed by atoms with E-state index in [1.807, 2.05) is 31.2 Å². The number of carbonyl (C=O) groups excluding carboxylic acids is 1. The molecule has 0 N–H and O–H groups in total. The van der Waals surface area contributed by atoms with E-state index in [2.05, 4.69) is 0 Å². The fraction of sp³-hybridized carbons (Fsp3) is 0.438. The number of methoxy groups -OCH3 is 1. The molecule has 1 aliphatic rings. The van der Waals surface area contributed by atoms with Crippen molar-refractivity contribution in [3.05, 3.63) is 29.8 Å². The molecule has 0 radical (unpaired) electrons. The summed E-state index contributed by atoms with van der Waals surface area (Å²) in [6, 6.07) is 5.94. The zero-order valence-electron chi connectivity index (χ0n) is 12.4. The van der Waals surface area contributed by atoms with Crippen molar-refractivity contribution in [2.45, 2.75) is 24.7 Å². The van der Waals surface area contributed by atoms with Crippen molar-refractivity contribution in [2.75, 3.05) is 26.1 Å². The summed E-state index contributed by atoms with van der Waals surface area (Å²) in [6.45, 7) is 3.32. The van der Waals surface area contributed by atoms with Crippen molar-refractivity contribution < 1.29 is 19.0 Å². The Morgan fingerprint density at radius 3 is 2.81 bits per heavy atom. The van der Waals surface area contributed by atoms with Crippen molar-refractivity contribution in [3.8, 4) is 11.5 Å². The monoisotopic (exact) mass is 308 g/mol. The maximum atomic E-state index is 11.5. The van der Waals surface area contributed by atoms with Crippen LogP contribution in [0.2, 0.25) is 0 Å². The Hall–Kier alpha value is -1.62. The minimum absolute atomic E-state index is 0.253. The normalized spacial score (nSPS) is 14.5. The Morgan fingerprint density at radius 2 is 2.10 bits per heavy atom. The Labute approximate surface area is 129 Å². The summed E-state index contributed by atoms with van der Waals surface area (Å²) in [7, 11) is 1.41. The first kappa shape index (κ1) is 15.8. The van der Waals surface area contributed by atoms with Crippen LogP contribution in [0.3, 0.4) is 0 Å². The fourth-order valence-electron chi connectivity index (χ4n) is 1.97. The summed E-state index contributed by atoms with van der Waals surface area (Å²) in [4.78, 5) is 12.6. The predicted octanol–water partition coefficient (Wildman–Crippen LogP) is 3.45. The minimum atomic E-state index is -0.253. The van der Waals surface area contributed by atoms with Gasteiger partial charge in [0.15, 0.2) is 11.5 Å². The number of carbonyl (C=O) groups is 1. The van der Waals surface area contributed by atoms with Crippen LogP contribution in [0.4, 0.5) is 0 Å². The van der Waals surface area contributed by atoms with Crippen molar-refractivity contribution in [1.29, 1.82) is 0 Å². The second kappa shape index (κ2) is 7.98. The van der Waals surface area contributed by atoms with E-state index in [0.29, 0.717) is 25.2 Å². The van der Waals surface area contributed by atoms with E-state index in [-0.39, 0.29) is 5.97 Å². The number of hydrogen-bond donors (Lipinski definition) is 0. The van der Waals surface area contributed by atoms with Crippen LogP contribution in [0, 0.1) is 0 Å². The smallest absolute Gasteiger partial charge is 0.333 e. The molecule has 1 aromatic rings. The van der Waals surface area contributed by atoms with Crippen LogP contribution in [0.15, 0.2) is 34.7 Å². The third kappa shape index (κ3) is 4.43. The molecule has 1 aromatic carbocycles. The third-order valence-electron chi connectivity index (χ3n) is 3.13. The highest BCUT2D eigenvalue weighted by Gasteiger charge is 2.11. The Balaban J connectivity index is 1.99. The van der Waals surface area contributed by atoms with Crippen molar-refractivity contribution >= 4 is 17.7 Å². The van der Waals surface area contributed by atoms with Gasteiger partial charge in [0.25, 0.3) is 0 Å². The van der Waals surface area contributed by atoms with Crippen LogP contribution in [0.1, 0.15) is 19.8 Å². The molecule has 2 rings (SSSR count). The molecule has 0 aromatic heterocycles. The van der Waals surface area contributed by atoms with E-state index >= 15 is 0 Å². The molecule has 0 aliphatic carbocycles. The molecular formula is C16H20O4S. The molecule has 0 spiro atoms. The summed E-state index contributed by atoms with van der Waals surface area (Å²) in [6.07, 6.45) is 3.49. The van der Waals surface area contributed by atoms with Crippen molar-refractivity contribution in [1.82, 2.24) is 0 Å². The molecule has 0 saturated carbocycles. The lowest BCUT2D eigenvalue weighted by Gasteiger charge is -2.08. The van der Waals surface area contributed by atoms with E-state index < -0.39 is 0 Å². The molecular weight excluding hydrogens is 288 g/mol. The van der Waals surface area contributed by atoms with Gasteiger partial charge in [0, 0.05) is 22.6 Å². The van der Waals surface area contributed by atoms with Crippen LogP contribution < -0.4 is 9.47 Å². The molecule has 1 aliphatic heterocycles. The van der Waals surface area contributed by atoms with Gasteiger partial charge in [0.05, 0.1) is 20.3 Å². The van der Waals surface area contributed by atoms with E-state index in [1.54, 1.807) is 11.8 Å². The lowest BCUT2D eigenvalue weighted by molar-refractivity contribution is -0.136. The number of thioether (sulfide) groups is 1. The first-order valence-electron chi connectivity index (χ1n) is 7.04. The average Bonchev–Trinajstić information content (AvgIpc) is 2.75. The van der Waals surface area contributed by atoms with Gasteiger partial charge in [-0.25, -0.2) is 4.79 Å². The highest BCUT2D eigenvalue weighted by atomic mass is 32.2. The van der Waals surface area contributed by atoms with Crippen LogP contribution in [0.25, 0.3) is 0 Å². The zero-order valence-corrected chi connectivity index (χ0v) is 13.2. The Bertz CT molecular complexity index is 525. The van der Waals surface area contributed by atoms with E-state index in [1.165, 1.54) is 7.11 Å². The third-order valence-corrected chi connectivity index (χ3v) is 4.05. The summed E-state index contributed by atoms with van der Waals surface area (Å²) < 4.78 is 16.0. The lowest BCUT2D eigenvalue weighted by atomic mass is 10.2. The van der Waals surface area contributed by atoms with Gasteiger partial charge in [0.2, 0.25) is 0 Å². The number of hydrogen-bond acceptors (Lipinski definition) is 5. The summed E-state index contributed by atoms with van der Waals surface area (Å²) in [5.41, 5.74) is 0.708. The van der Waals surface area contributed by atoms with Gasteiger partial charge >= 0.3 is 5.97 Å². The maximum Gasteiger partial charge on any atom is 0.333 e. The number of rotatable bonds is 5. The van der Waals surface area contributed by atoms with Gasteiger partial charge in [-0.1, -0.05) is 13.0 Å². The first-order chi connectivity index (χ1) is 10.2. The number of fused-ring (bicyclic) bond motifs is 1. The molecule has 5 heteroatoms. The average molecular weight is 308 g/mol. The summed E-state index contributed by atoms with van der Waals surface area (Å²) >= 11 is 1.65. The van der Waals surface area contributed by atoms with Crippen LogP contribution >= 0.6 is 11.8 Å². The van der Waals surface area contributed by atoms with Gasteiger partial charge in [0.1, 0.15) is 0 Å². The van der Waals surface area contributed by atoms with E-state index in [0.717, 1.165) is 28.6 Å². The van der Waals surface area contributed by atoms with Crippen LogP contribution in [-0.4, -0.2) is 32.0 Å². The second-order valence-electron chi connectivity index (χ2n) is 4.54. The quantitative estimate of drug-likeness (QED) is 0.473. The lowest BCUT2D eigenvalue weighted by Crippen LogP contribution is -2.04. The summed E-state index contributed by atoms with van der Waals surface area (Å²) in [5.74, 6) is 2.07. The topological polar surface area (TPSA) is 44.8 Å². The zero-order chi connectivity index (χ0) is 15.1. The number of ether oxygens (including phenoxy) is 3. The predicted molar refractivity (Wildman–Crippen MR) is 83.2 cm³/mol. The molecule has 0 unspecified atom stereocenters. The van der Waals surface area contributed by atoms with Crippen molar-refractivity contribution in [2.24, 2.45) is 0 Å². The van der Waals surface area contributed by atoms with E-state index in [9.17, 15) is 4.79 Å². The standard InChI is InChI=1S/C16H20O4S/c1-3-12(16(17)18-2)7-10-21-13-5-6-14-15(11-13)20-9-4-8-19-14/h5-7,11H,3-4,8-10H2,1-2H3. The second-order valence-corrected chi connectivity index (χ2v) is 5.64. The highest BCUT2D eigenvalue weighted by Crippen LogP contribution is 2.33. The molecule has 0 atom stereocenters. The molecule has 1 heterocycles.